The number of carboxylic acid groups (broad SMARTS) is 1. The molecule has 2 N–H and O–H groups in total. The van der Waals surface area contributed by atoms with Gasteiger partial charge in [0.15, 0.2) is 11.5 Å². The topological polar surface area (TPSA) is 121 Å². The molecule has 0 saturated heterocycles. The van der Waals surface area contributed by atoms with Crippen molar-refractivity contribution < 1.29 is 24.2 Å². The van der Waals surface area contributed by atoms with Gasteiger partial charge in [-0.1, -0.05) is 6.07 Å². The van der Waals surface area contributed by atoms with Crippen molar-refractivity contribution in [2.24, 2.45) is 0 Å². The standard InChI is InChI=1S/C21H25N5O5/c1-4-30-18-7-6-15(10-19(18)31-5-2)12-25-13-16(11-23-25)24-20(27)17-8-9-22-26(17)14(3)21(28)29/h6-11,13-14H,4-5,12H2,1-3H3,(H,24,27)(H,28,29). The van der Waals surface area contributed by atoms with E-state index in [1.54, 1.807) is 10.9 Å². The van der Waals surface area contributed by atoms with Crippen LogP contribution in [0.5, 0.6) is 11.5 Å². The molecule has 2 heterocycles. The highest BCUT2D eigenvalue weighted by Crippen LogP contribution is 2.29. The minimum Gasteiger partial charge on any atom is -0.490 e. The van der Waals surface area contributed by atoms with Crippen LogP contribution in [-0.2, 0) is 11.3 Å². The van der Waals surface area contributed by atoms with Crippen LogP contribution in [0, 0.1) is 0 Å². The first-order chi connectivity index (χ1) is 14.9. The van der Waals surface area contributed by atoms with E-state index in [4.69, 9.17) is 9.47 Å². The van der Waals surface area contributed by atoms with E-state index in [1.165, 1.54) is 25.4 Å². The fourth-order valence-electron chi connectivity index (χ4n) is 3.00. The molecule has 0 aliphatic carbocycles. The van der Waals surface area contributed by atoms with Crippen molar-refractivity contribution in [1.29, 1.82) is 0 Å². The first-order valence-electron chi connectivity index (χ1n) is 9.91. The Morgan fingerprint density at radius 2 is 1.87 bits per heavy atom. The van der Waals surface area contributed by atoms with Crippen LogP contribution in [0.3, 0.4) is 0 Å². The number of nitrogens with zero attached hydrogens (tertiary/aromatic N) is 4. The molecule has 164 valence electrons. The number of nitrogens with one attached hydrogen (secondary N) is 1. The Kier molecular flexibility index (Phi) is 6.91. The van der Waals surface area contributed by atoms with E-state index in [-0.39, 0.29) is 5.69 Å². The first kappa shape index (κ1) is 21.9. The quantitative estimate of drug-likeness (QED) is 0.510. The Labute approximate surface area is 179 Å². The molecule has 3 aromatic rings. The summed E-state index contributed by atoms with van der Waals surface area (Å²) in [5.74, 6) is -0.186. The zero-order valence-corrected chi connectivity index (χ0v) is 17.6. The third-order valence-corrected chi connectivity index (χ3v) is 4.47. The largest absolute Gasteiger partial charge is 0.490 e. The molecule has 0 fully saturated rings. The van der Waals surface area contributed by atoms with E-state index in [9.17, 15) is 14.7 Å². The summed E-state index contributed by atoms with van der Waals surface area (Å²) in [7, 11) is 0. The lowest BCUT2D eigenvalue weighted by Gasteiger charge is -2.12. The average Bonchev–Trinajstić information content (AvgIpc) is 3.39. The van der Waals surface area contributed by atoms with Gasteiger partial charge in [-0.05, 0) is 44.5 Å². The molecule has 10 nitrogen and oxygen atoms in total. The van der Waals surface area contributed by atoms with E-state index >= 15 is 0 Å². The zero-order valence-electron chi connectivity index (χ0n) is 17.6. The minimum atomic E-state index is -1.08. The molecule has 1 amide bonds. The lowest BCUT2D eigenvalue weighted by Crippen LogP contribution is -2.24. The van der Waals surface area contributed by atoms with Gasteiger partial charge in [-0.25, -0.2) is 9.48 Å². The normalized spacial score (nSPS) is 11.7. The third-order valence-electron chi connectivity index (χ3n) is 4.47. The lowest BCUT2D eigenvalue weighted by atomic mass is 10.2. The van der Waals surface area contributed by atoms with Crippen LogP contribution in [0.15, 0.2) is 42.9 Å². The fourth-order valence-corrected chi connectivity index (χ4v) is 3.00. The van der Waals surface area contributed by atoms with Crippen molar-refractivity contribution in [3.05, 3.63) is 54.1 Å². The Hall–Kier alpha value is -3.82. The highest BCUT2D eigenvalue weighted by molar-refractivity contribution is 6.03. The van der Waals surface area contributed by atoms with Gasteiger partial charge in [0, 0.05) is 12.4 Å². The monoisotopic (exact) mass is 427 g/mol. The van der Waals surface area contributed by atoms with E-state index < -0.39 is 17.9 Å². The maximum absolute atomic E-state index is 12.6. The van der Waals surface area contributed by atoms with Crippen molar-refractivity contribution in [3.63, 3.8) is 0 Å². The van der Waals surface area contributed by atoms with Crippen LogP contribution < -0.4 is 14.8 Å². The maximum Gasteiger partial charge on any atom is 0.328 e. The van der Waals surface area contributed by atoms with Gasteiger partial charge in [0.1, 0.15) is 11.7 Å². The summed E-state index contributed by atoms with van der Waals surface area (Å²) in [6.45, 7) is 6.82. The fraction of sp³-hybridized carbons (Fsp3) is 0.333. The highest BCUT2D eigenvalue weighted by atomic mass is 16.5. The molecule has 0 aliphatic rings. The summed E-state index contributed by atoms with van der Waals surface area (Å²) < 4.78 is 14.1. The van der Waals surface area contributed by atoms with Gasteiger partial charge in [-0.2, -0.15) is 10.2 Å². The Morgan fingerprint density at radius 1 is 1.13 bits per heavy atom. The van der Waals surface area contributed by atoms with Gasteiger partial charge in [0.25, 0.3) is 5.91 Å². The Balaban J connectivity index is 1.70. The molecule has 0 radical (unpaired) electrons. The predicted octanol–water partition coefficient (Wildman–Crippen LogP) is 2.82. The molecule has 31 heavy (non-hydrogen) atoms. The Bertz CT molecular complexity index is 1060. The number of aliphatic carboxylic acids is 1. The van der Waals surface area contributed by atoms with Crippen molar-refractivity contribution in [3.8, 4) is 11.5 Å². The summed E-state index contributed by atoms with van der Waals surface area (Å²) in [6, 6.07) is 6.20. The summed E-state index contributed by atoms with van der Waals surface area (Å²) in [4.78, 5) is 23.8. The molecular formula is C21H25N5O5. The van der Waals surface area contributed by atoms with E-state index in [2.05, 4.69) is 15.5 Å². The number of carbonyl (C=O) groups is 2. The molecule has 10 heteroatoms. The molecule has 0 saturated carbocycles. The van der Waals surface area contributed by atoms with Crippen LogP contribution in [0.4, 0.5) is 5.69 Å². The summed E-state index contributed by atoms with van der Waals surface area (Å²) in [5, 5.41) is 20.1. The number of amides is 1. The van der Waals surface area contributed by atoms with E-state index in [1.807, 2.05) is 32.0 Å². The molecular weight excluding hydrogens is 402 g/mol. The molecule has 0 aliphatic heterocycles. The Morgan fingerprint density at radius 3 is 2.58 bits per heavy atom. The molecule has 2 aromatic heterocycles. The number of hydrogen-bond donors (Lipinski definition) is 2. The summed E-state index contributed by atoms with van der Waals surface area (Å²) in [6.07, 6.45) is 4.60. The van der Waals surface area contributed by atoms with Gasteiger partial charge in [-0.3, -0.25) is 9.48 Å². The highest BCUT2D eigenvalue weighted by Gasteiger charge is 2.21. The number of anilines is 1. The van der Waals surface area contributed by atoms with Gasteiger partial charge in [-0.15, -0.1) is 0 Å². The number of rotatable bonds is 10. The molecule has 1 unspecified atom stereocenters. The van der Waals surface area contributed by atoms with Crippen LogP contribution in [-0.4, -0.2) is 49.8 Å². The number of benzene rings is 1. The second-order valence-corrected chi connectivity index (χ2v) is 6.70. The van der Waals surface area contributed by atoms with Crippen molar-refractivity contribution in [2.75, 3.05) is 18.5 Å². The first-order valence-corrected chi connectivity index (χ1v) is 9.91. The molecule has 1 aromatic carbocycles. The minimum absolute atomic E-state index is 0.149. The number of hydrogen-bond acceptors (Lipinski definition) is 6. The van der Waals surface area contributed by atoms with Gasteiger partial charge in [0.2, 0.25) is 0 Å². The summed E-state index contributed by atoms with van der Waals surface area (Å²) >= 11 is 0. The second kappa shape index (κ2) is 9.79. The van der Waals surface area contributed by atoms with Crippen molar-refractivity contribution in [1.82, 2.24) is 19.6 Å². The average molecular weight is 427 g/mol. The van der Waals surface area contributed by atoms with Crippen LogP contribution >= 0.6 is 0 Å². The number of carboxylic acids is 1. The smallest absolute Gasteiger partial charge is 0.328 e. The second-order valence-electron chi connectivity index (χ2n) is 6.70. The van der Waals surface area contributed by atoms with Crippen LogP contribution in [0.2, 0.25) is 0 Å². The van der Waals surface area contributed by atoms with E-state index in [0.29, 0.717) is 36.9 Å². The van der Waals surface area contributed by atoms with Gasteiger partial charge >= 0.3 is 5.97 Å². The predicted molar refractivity (Wildman–Crippen MR) is 113 cm³/mol. The number of carbonyl (C=O) groups excluding carboxylic acids is 1. The van der Waals surface area contributed by atoms with E-state index in [0.717, 1.165) is 10.2 Å². The SMILES string of the molecule is CCOc1ccc(Cn2cc(NC(=O)c3ccnn3C(C)C(=O)O)cn2)cc1OCC. The van der Waals surface area contributed by atoms with Crippen molar-refractivity contribution >= 4 is 17.6 Å². The molecule has 0 spiro atoms. The zero-order chi connectivity index (χ0) is 22.4. The lowest BCUT2D eigenvalue weighted by molar-refractivity contribution is -0.140. The van der Waals surface area contributed by atoms with Gasteiger partial charge in [0.05, 0.1) is 31.6 Å². The molecule has 0 bridgehead atoms. The molecule has 1 atom stereocenters. The third kappa shape index (κ3) is 5.21. The summed E-state index contributed by atoms with van der Waals surface area (Å²) in [5.41, 5.74) is 1.59. The number of ether oxygens (including phenoxy) is 2. The van der Waals surface area contributed by atoms with Crippen LogP contribution in [0.1, 0.15) is 42.9 Å². The number of aromatic nitrogens is 4. The van der Waals surface area contributed by atoms with Crippen LogP contribution in [0.25, 0.3) is 0 Å². The van der Waals surface area contributed by atoms with Crippen molar-refractivity contribution in [2.45, 2.75) is 33.4 Å². The molecule has 3 rings (SSSR count). The van der Waals surface area contributed by atoms with Gasteiger partial charge < -0.3 is 19.9 Å². The maximum atomic E-state index is 12.6.